The van der Waals surface area contributed by atoms with Crippen molar-refractivity contribution in [3.05, 3.63) is 58.6 Å². The number of thioether (sulfide) groups is 1. The lowest BCUT2D eigenvalue weighted by Crippen LogP contribution is -2.23. The standard InChI is InChI=1S/C19H17BrN4O3S/c1-2-21-17(26)13-4-3-5-15(10-13)22-16(25)11-28-19-24-23-18(27-19)12-6-8-14(20)9-7-12/h3-10H,2,11H2,1H3,(H,21,26)(H,22,25). The van der Waals surface area contributed by atoms with Gasteiger partial charge in [0.15, 0.2) is 0 Å². The van der Waals surface area contributed by atoms with Crippen LogP contribution in [-0.4, -0.2) is 34.3 Å². The van der Waals surface area contributed by atoms with Gasteiger partial charge in [0.05, 0.1) is 5.75 Å². The number of benzene rings is 2. The average molecular weight is 461 g/mol. The molecule has 0 bridgehead atoms. The SMILES string of the molecule is CCNC(=O)c1cccc(NC(=O)CSc2nnc(-c3ccc(Br)cc3)o2)c1. The predicted molar refractivity (Wildman–Crippen MR) is 111 cm³/mol. The molecular weight excluding hydrogens is 444 g/mol. The Hall–Kier alpha value is -2.65. The zero-order chi connectivity index (χ0) is 19.9. The Labute approximate surface area is 174 Å². The second-order valence-corrected chi connectivity index (χ2v) is 7.50. The van der Waals surface area contributed by atoms with Crippen LogP contribution in [0.3, 0.4) is 0 Å². The summed E-state index contributed by atoms with van der Waals surface area (Å²) in [6, 6.07) is 14.3. The number of nitrogens with one attached hydrogen (secondary N) is 2. The molecule has 1 heterocycles. The van der Waals surface area contributed by atoms with Crippen LogP contribution in [0.25, 0.3) is 11.5 Å². The highest BCUT2D eigenvalue weighted by Gasteiger charge is 2.12. The molecule has 0 aliphatic rings. The number of amides is 2. The Kier molecular flexibility index (Phi) is 6.83. The highest BCUT2D eigenvalue weighted by Crippen LogP contribution is 2.24. The Morgan fingerprint density at radius 1 is 1.14 bits per heavy atom. The number of hydrogen-bond acceptors (Lipinski definition) is 6. The lowest BCUT2D eigenvalue weighted by atomic mass is 10.2. The zero-order valence-corrected chi connectivity index (χ0v) is 17.3. The van der Waals surface area contributed by atoms with Crippen molar-refractivity contribution < 1.29 is 14.0 Å². The second-order valence-electron chi connectivity index (χ2n) is 5.66. The minimum absolute atomic E-state index is 0.105. The number of nitrogens with zero attached hydrogens (tertiary/aromatic N) is 2. The summed E-state index contributed by atoms with van der Waals surface area (Å²) in [5, 5.41) is 13.7. The van der Waals surface area contributed by atoms with E-state index in [4.69, 9.17) is 4.42 Å². The van der Waals surface area contributed by atoms with Crippen molar-refractivity contribution in [3.63, 3.8) is 0 Å². The van der Waals surface area contributed by atoms with Gasteiger partial charge in [0, 0.05) is 27.8 Å². The fourth-order valence-electron chi connectivity index (χ4n) is 2.30. The number of carbonyl (C=O) groups excluding carboxylic acids is 2. The van der Waals surface area contributed by atoms with E-state index in [2.05, 4.69) is 36.8 Å². The van der Waals surface area contributed by atoms with E-state index in [-0.39, 0.29) is 17.6 Å². The molecule has 3 rings (SSSR count). The van der Waals surface area contributed by atoms with Crippen LogP contribution in [0.4, 0.5) is 5.69 Å². The first-order valence-electron chi connectivity index (χ1n) is 8.45. The van der Waals surface area contributed by atoms with Gasteiger partial charge in [0.25, 0.3) is 11.1 Å². The molecule has 0 unspecified atom stereocenters. The Morgan fingerprint density at radius 2 is 1.93 bits per heavy atom. The van der Waals surface area contributed by atoms with Gasteiger partial charge in [-0.05, 0) is 49.4 Å². The number of anilines is 1. The lowest BCUT2D eigenvalue weighted by molar-refractivity contribution is -0.113. The summed E-state index contributed by atoms with van der Waals surface area (Å²) in [6.45, 7) is 2.39. The summed E-state index contributed by atoms with van der Waals surface area (Å²) in [5.74, 6) is 0.0821. The molecule has 0 spiro atoms. The van der Waals surface area contributed by atoms with E-state index < -0.39 is 0 Å². The van der Waals surface area contributed by atoms with E-state index in [0.29, 0.717) is 28.9 Å². The van der Waals surface area contributed by atoms with Crippen molar-refractivity contribution in [3.8, 4) is 11.5 Å². The topological polar surface area (TPSA) is 97.1 Å². The van der Waals surface area contributed by atoms with Crippen LogP contribution in [0.15, 0.2) is 62.6 Å². The number of halogens is 1. The first kappa shape index (κ1) is 20.1. The van der Waals surface area contributed by atoms with E-state index in [1.165, 1.54) is 0 Å². The third kappa shape index (κ3) is 5.43. The van der Waals surface area contributed by atoms with E-state index in [9.17, 15) is 9.59 Å². The maximum Gasteiger partial charge on any atom is 0.277 e. The van der Waals surface area contributed by atoms with E-state index in [1.807, 2.05) is 31.2 Å². The van der Waals surface area contributed by atoms with E-state index >= 15 is 0 Å². The summed E-state index contributed by atoms with van der Waals surface area (Å²) >= 11 is 4.52. The lowest BCUT2D eigenvalue weighted by Gasteiger charge is -2.07. The molecule has 3 aromatic rings. The first-order chi connectivity index (χ1) is 13.5. The van der Waals surface area contributed by atoms with Crippen LogP contribution < -0.4 is 10.6 Å². The van der Waals surface area contributed by atoms with Gasteiger partial charge in [-0.15, -0.1) is 10.2 Å². The molecule has 0 atom stereocenters. The summed E-state index contributed by atoms with van der Waals surface area (Å²) in [6.07, 6.45) is 0. The normalized spacial score (nSPS) is 10.5. The van der Waals surface area contributed by atoms with Crippen molar-refractivity contribution >= 4 is 45.2 Å². The molecule has 9 heteroatoms. The molecule has 0 fully saturated rings. The molecule has 0 aliphatic carbocycles. The van der Waals surface area contributed by atoms with Crippen LogP contribution in [0, 0.1) is 0 Å². The van der Waals surface area contributed by atoms with Gasteiger partial charge in [-0.3, -0.25) is 9.59 Å². The molecule has 1 aromatic heterocycles. The Balaban J connectivity index is 1.56. The van der Waals surface area contributed by atoms with Gasteiger partial charge in [-0.2, -0.15) is 0 Å². The number of carbonyl (C=O) groups is 2. The highest BCUT2D eigenvalue weighted by atomic mass is 79.9. The Morgan fingerprint density at radius 3 is 2.68 bits per heavy atom. The van der Waals surface area contributed by atoms with Crippen molar-refractivity contribution in [1.82, 2.24) is 15.5 Å². The average Bonchev–Trinajstić information content (AvgIpc) is 3.16. The smallest absolute Gasteiger partial charge is 0.277 e. The minimum atomic E-state index is -0.235. The Bertz CT molecular complexity index is 975. The molecular formula is C19H17BrN4O3S. The number of aromatic nitrogens is 2. The maximum atomic E-state index is 12.2. The molecule has 7 nitrogen and oxygen atoms in total. The van der Waals surface area contributed by atoms with Crippen LogP contribution in [-0.2, 0) is 4.79 Å². The van der Waals surface area contributed by atoms with Crippen LogP contribution in [0.1, 0.15) is 17.3 Å². The summed E-state index contributed by atoms with van der Waals surface area (Å²) in [7, 11) is 0. The van der Waals surface area contributed by atoms with Gasteiger partial charge in [0.1, 0.15) is 0 Å². The van der Waals surface area contributed by atoms with Crippen LogP contribution in [0.2, 0.25) is 0 Å². The fourth-order valence-corrected chi connectivity index (χ4v) is 3.13. The van der Waals surface area contributed by atoms with E-state index in [1.54, 1.807) is 24.3 Å². The molecule has 28 heavy (non-hydrogen) atoms. The first-order valence-corrected chi connectivity index (χ1v) is 10.2. The molecule has 2 amide bonds. The van der Waals surface area contributed by atoms with Gasteiger partial charge >= 0.3 is 0 Å². The summed E-state index contributed by atoms with van der Waals surface area (Å²) in [4.78, 5) is 24.1. The summed E-state index contributed by atoms with van der Waals surface area (Å²) < 4.78 is 6.54. The van der Waals surface area contributed by atoms with Crippen molar-refractivity contribution in [2.75, 3.05) is 17.6 Å². The molecule has 0 radical (unpaired) electrons. The van der Waals surface area contributed by atoms with Crippen LogP contribution in [0.5, 0.6) is 0 Å². The van der Waals surface area contributed by atoms with Gasteiger partial charge in [0.2, 0.25) is 11.8 Å². The zero-order valence-electron chi connectivity index (χ0n) is 14.9. The van der Waals surface area contributed by atoms with Crippen molar-refractivity contribution in [2.45, 2.75) is 12.1 Å². The van der Waals surface area contributed by atoms with Crippen molar-refractivity contribution in [1.29, 1.82) is 0 Å². The fraction of sp³-hybridized carbons (Fsp3) is 0.158. The van der Waals surface area contributed by atoms with Gasteiger partial charge in [-0.25, -0.2) is 0 Å². The minimum Gasteiger partial charge on any atom is -0.411 e. The molecule has 2 N–H and O–H groups in total. The number of hydrogen-bond donors (Lipinski definition) is 2. The number of rotatable bonds is 7. The predicted octanol–water partition coefficient (Wildman–Crippen LogP) is 3.98. The highest BCUT2D eigenvalue weighted by molar-refractivity contribution is 9.10. The third-order valence-electron chi connectivity index (χ3n) is 3.57. The second kappa shape index (κ2) is 9.52. The summed E-state index contributed by atoms with van der Waals surface area (Å²) in [5.41, 5.74) is 1.84. The quantitative estimate of drug-likeness (QED) is 0.517. The molecule has 0 saturated carbocycles. The van der Waals surface area contributed by atoms with Crippen LogP contribution >= 0.6 is 27.7 Å². The molecule has 144 valence electrons. The van der Waals surface area contributed by atoms with Crippen molar-refractivity contribution in [2.24, 2.45) is 0 Å². The van der Waals surface area contributed by atoms with Gasteiger partial charge in [-0.1, -0.05) is 33.8 Å². The molecule has 0 saturated heterocycles. The maximum absolute atomic E-state index is 12.2. The largest absolute Gasteiger partial charge is 0.411 e. The van der Waals surface area contributed by atoms with E-state index in [0.717, 1.165) is 21.8 Å². The third-order valence-corrected chi connectivity index (χ3v) is 4.92. The monoisotopic (exact) mass is 460 g/mol. The molecule has 0 aliphatic heterocycles. The van der Waals surface area contributed by atoms with Gasteiger partial charge < -0.3 is 15.1 Å². The molecule has 2 aromatic carbocycles.